The topological polar surface area (TPSA) is 151 Å². The Labute approximate surface area is 334 Å². The highest BCUT2D eigenvalue weighted by molar-refractivity contribution is 7.82. The van der Waals surface area contributed by atoms with Crippen LogP contribution in [0.3, 0.4) is 0 Å². The molecule has 0 bridgehead atoms. The van der Waals surface area contributed by atoms with Crippen molar-refractivity contribution in [3.63, 3.8) is 0 Å². The predicted molar refractivity (Wildman–Crippen MR) is 209 cm³/mol. The highest BCUT2D eigenvalue weighted by Gasteiger charge is 2.36. The third-order valence-electron chi connectivity index (χ3n) is 8.15. The van der Waals surface area contributed by atoms with Gasteiger partial charge in [0, 0.05) is 11.1 Å². The van der Waals surface area contributed by atoms with Crippen molar-refractivity contribution in [2.75, 3.05) is 0 Å². The number of hydrogen-bond donors (Lipinski definition) is 0. The molecule has 1 heterocycles. The Hall–Kier alpha value is -6.05. The molecule has 0 radical (unpaired) electrons. The number of ether oxygens (including phenoxy) is 4. The minimum Gasteiger partial charge on any atom is -0.451 e. The predicted octanol–water partition coefficient (Wildman–Crippen LogP) is 5.61. The third kappa shape index (κ3) is 11.5. The lowest BCUT2D eigenvalue weighted by Crippen LogP contribution is -2.54. The van der Waals surface area contributed by atoms with Gasteiger partial charge in [0.2, 0.25) is 0 Å². The van der Waals surface area contributed by atoms with Gasteiger partial charge in [0.1, 0.15) is 34.5 Å². The molecule has 0 amide bonds. The van der Waals surface area contributed by atoms with Gasteiger partial charge < -0.3 is 41.0 Å². The molecule has 2 atom stereocenters. The average molecular weight is 828 g/mol. The molecule has 20 heteroatoms. The molecule has 0 spiro atoms. The summed E-state index contributed by atoms with van der Waals surface area (Å²) in [5.74, 6) is 1.09. The maximum absolute atomic E-state index is 12.9. The van der Waals surface area contributed by atoms with Crippen molar-refractivity contribution < 1.29 is 65.6 Å². The summed E-state index contributed by atoms with van der Waals surface area (Å²) in [4.78, 5) is 0. The van der Waals surface area contributed by atoms with Crippen LogP contribution in [0.2, 0.25) is 0 Å². The Bertz CT molecular complexity index is 2300. The second-order valence-corrected chi connectivity index (χ2v) is 14.1. The zero-order valence-corrected chi connectivity index (χ0v) is 31.5. The summed E-state index contributed by atoms with van der Waals surface area (Å²) < 4.78 is 120. The van der Waals surface area contributed by atoms with Gasteiger partial charge in [-0.1, -0.05) is 92.7 Å². The number of halogens is 2. The fraction of sp³-hybridized carbons (Fsp3) is 0.0526. The van der Waals surface area contributed by atoms with Crippen LogP contribution in [0.4, 0.5) is 7.77 Å². The minimum atomic E-state index is -5.17. The molecule has 1 aliphatic heterocycles. The van der Waals surface area contributed by atoms with E-state index in [4.69, 9.17) is 32.7 Å². The van der Waals surface area contributed by atoms with Crippen molar-refractivity contribution in [1.82, 2.24) is 0 Å². The molecule has 1 aliphatic rings. The van der Waals surface area contributed by atoms with Gasteiger partial charge in [-0.3, -0.25) is 0 Å². The Morgan fingerprint density at radius 1 is 0.431 bits per heavy atom. The molecule has 0 aliphatic carbocycles. The molecule has 0 saturated carbocycles. The molecule has 2 unspecified atom stereocenters. The van der Waals surface area contributed by atoms with E-state index < -0.39 is 47.8 Å². The largest absolute Gasteiger partial charge is 0.488 e. The number of benzene rings is 6. The quantitative estimate of drug-likeness (QED) is 0.0677. The summed E-state index contributed by atoms with van der Waals surface area (Å²) in [6, 6.07) is 42.9. The van der Waals surface area contributed by atoms with Gasteiger partial charge in [-0.25, -0.2) is 0 Å². The van der Waals surface area contributed by atoms with Gasteiger partial charge in [-0.2, -0.15) is 16.8 Å². The third-order valence-corrected chi connectivity index (χ3v) is 8.93. The van der Waals surface area contributed by atoms with E-state index in [-0.39, 0.29) is 19.2 Å². The molecular formula is C38H29B3F2O13S2. The van der Waals surface area contributed by atoms with E-state index in [1.165, 1.54) is 48.5 Å². The first-order chi connectivity index (χ1) is 27.9. The summed E-state index contributed by atoms with van der Waals surface area (Å²) in [5, 5.41) is 0. The standard InChI is InChI=1S/C38H29B3F2O13S2/c42-57(44,45)52-35-23-19-33(20-24-35)50-37(27-7-3-1-4-8-27)48-31-15-11-29(12-16-31)40-54-39-55-41(56-40)30-13-17-32(18-14-30)49-38(28-9-5-2-6-10-28)51-34-21-25-36(26-22-34)53-58(43,46)47/h1-26,37-39H. The molecule has 1 fully saturated rings. The first kappa shape index (κ1) is 40.2. The van der Waals surface area contributed by atoms with Crippen molar-refractivity contribution in [3.05, 3.63) is 169 Å². The van der Waals surface area contributed by atoms with Crippen LogP contribution in [0.15, 0.2) is 158 Å². The van der Waals surface area contributed by atoms with Crippen molar-refractivity contribution in [3.8, 4) is 34.5 Å². The first-order valence-corrected chi connectivity index (χ1v) is 19.9. The van der Waals surface area contributed by atoms with Crippen LogP contribution in [0, 0.1) is 0 Å². The van der Waals surface area contributed by atoms with Crippen LogP contribution in [-0.4, -0.2) is 38.8 Å². The van der Waals surface area contributed by atoms with Gasteiger partial charge in [0.15, 0.2) is 0 Å². The maximum Gasteiger partial charge on any atom is 0.488 e. The Morgan fingerprint density at radius 2 is 0.724 bits per heavy atom. The molecule has 294 valence electrons. The highest BCUT2D eigenvalue weighted by atomic mass is 32.3. The lowest BCUT2D eigenvalue weighted by atomic mass is 9.67. The maximum atomic E-state index is 12.9. The van der Waals surface area contributed by atoms with Gasteiger partial charge in [0.25, 0.3) is 12.6 Å². The van der Waals surface area contributed by atoms with Crippen molar-refractivity contribution in [2.24, 2.45) is 0 Å². The van der Waals surface area contributed by atoms with Crippen LogP contribution in [0.1, 0.15) is 23.7 Å². The second kappa shape index (κ2) is 18.0. The molecular weight excluding hydrogens is 799 g/mol. The van der Waals surface area contributed by atoms with E-state index in [9.17, 15) is 24.6 Å². The van der Waals surface area contributed by atoms with E-state index >= 15 is 0 Å². The molecule has 6 aromatic carbocycles. The van der Waals surface area contributed by atoms with Gasteiger partial charge >= 0.3 is 42.9 Å². The molecule has 1 saturated heterocycles. The Morgan fingerprint density at radius 3 is 1.03 bits per heavy atom. The minimum absolute atomic E-state index is 0.0537. The van der Waals surface area contributed by atoms with E-state index in [1.54, 1.807) is 48.5 Å². The van der Waals surface area contributed by atoms with Gasteiger partial charge in [-0.05, 0) is 83.7 Å². The van der Waals surface area contributed by atoms with Crippen molar-refractivity contribution in [1.29, 1.82) is 0 Å². The van der Waals surface area contributed by atoms with Crippen LogP contribution >= 0.6 is 0 Å². The van der Waals surface area contributed by atoms with Crippen LogP contribution < -0.4 is 38.2 Å². The smallest absolute Gasteiger partial charge is 0.451 e. The van der Waals surface area contributed by atoms with E-state index in [0.717, 1.165) is 0 Å². The molecule has 0 aromatic heterocycles. The molecule has 7 rings (SSSR count). The molecule has 58 heavy (non-hydrogen) atoms. The Balaban J connectivity index is 0.985. The zero-order chi connectivity index (χ0) is 40.5. The fourth-order valence-electron chi connectivity index (χ4n) is 5.52. The summed E-state index contributed by atoms with van der Waals surface area (Å²) in [6.07, 6.45) is -1.83. The van der Waals surface area contributed by atoms with Crippen molar-refractivity contribution >= 4 is 53.9 Å². The lowest BCUT2D eigenvalue weighted by Gasteiger charge is -2.26. The van der Waals surface area contributed by atoms with E-state index in [0.29, 0.717) is 45.1 Å². The monoisotopic (exact) mass is 828 g/mol. The number of rotatable bonds is 16. The van der Waals surface area contributed by atoms with Gasteiger partial charge in [-0.15, -0.1) is 0 Å². The van der Waals surface area contributed by atoms with Crippen LogP contribution in [-0.2, 0) is 34.7 Å². The van der Waals surface area contributed by atoms with Crippen LogP contribution in [0.5, 0.6) is 34.5 Å². The summed E-state index contributed by atoms with van der Waals surface area (Å²) in [7, 11) is -12.0. The summed E-state index contributed by atoms with van der Waals surface area (Å²) >= 11 is 0. The SMILES string of the molecule is O=S(=O)(F)Oc1ccc(OC(Oc2ccc(B3OBOB(c4ccc(OC(Oc5ccc(OS(=O)(=O)F)cc5)c5ccccc5)cc4)O3)cc2)c2ccccc2)cc1. The van der Waals surface area contributed by atoms with Gasteiger partial charge in [0.05, 0.1) is 0 Å². The van der Waals surface area contributed by atoms with E-state index in [2.05, 4.69) is 8.37 Å². The molecule has 13 nitrogen and oxygen atoms in total. The van der Waals surface area contributed by atoms with Crippen LogP contribution in [0.25, 0.3) is 0 Å². The van der Waals surface area contributed by atoms with Crippen molar-refractivity contribution in [2.45, 2.75) is 12.6 Å². The van der Waals surface area contributed by atoms with E-state index in [1.807, 2.05) is 60.7 Å². The molecule has 0 N–H and O–H groups in total. The second-order valence-electron chi connectivity index (χ2n) is 12.2. The summed E-state index contributed by atoms with van der Waals surface area (Å²) in [5.41, 5.74) is 2.75. The zero-order valence-electron chi connectivity index (χ0n) is 29.9. The normalized spacial score (nSPS) is 14.0. The average Bonchev–Trinajstić information content (AvgIpc) is 3.22. The number of hydrogen-bond acceptors (Lipinski definition) is 13. The Kier molecular flexibility index (Phi) is 12.5. The molecule has 6 aromatic rings. The summed E-state index contributed by atoms with van der Waals surface area (Å²) in [6.45, 7) is 0. The lowest BCUT2D eigenvalue weighted by molar-refractivity contribution is 0.00353. The fourth-order valence-corrected chi connectivity index (χ4v) is 6.20. The highest BCUT2D eigenvalue weighted by Crippen LogP contribution is 2.29. The first-order valence-electron chi connectivity index (χ1n) is 17.3.